The number of ether oxygens (including phenoxy) is 1. The number of nitrogen functional groups attached to an aromatic ring is 1. The first-order valence-corrected chi connectivity index (χ1v) is 7.41. The van der Waals surface area contributed by atoms with Gasteiger partial charge in [0, 0.05) is 55.6 Å². The average Bonchev–Trinajstić information content (AvgIpc) is 3.03. The molecule has 0 bridgehead atoms. The minimum absolute atomic E-state index is 0. The minimum atomic E-state index is 0. The second-order valence-corrected chi connectivity index (χ2v) is 5.18. The summed E-state index contributed by atoms with van der Waals surface area (Å²) in [6.45, 7) is 0.232. The van der Waals surface area contributed by atoms with E-state index < -0.39 is 0 Å². The Bertz CT molecular complexity index is 989. The number of pyridine rings is 1. The predicted octanol–water partition coefficient (Wildman–Crippen LogP) is 2.35. The van der Waals surface area contributed by atoms with Crippen molar-refractivity contribution in [3.05, 3.63) is 66.6 Å². The van der Waals surface area contributed by atoms with Crippen molar-refractivity contribution in [1.82, 2.24) is 24.8 Å². The molecule has 0 aliphatic carbocycles. The van der Waals surface area contributed by atoms with Crippen LogP contribution in [-0.4, -0.2) is 24.8 Å². The van der Waals surface area contributed by atoms with Gasteiger partial charge in [0.2, 0.25) is 0 Å². The molecule has 8 heteroatoms. The van der Waals surface area contributed by atoms with E-state index in [1.165, 1.54) is 0 Å². The Balaban J connectivity index is 0.00000182. The first kappa shape index (κ1) is 17.6. The normalized spacial score (nSPS) is 10.4. The Hall–Kier alpha value is -2.22. The molecule has 3 heterocycles. The van der Waals surface area contributed by atoms with E-state index >= 15 is 0 Å². The topological polar surface area (TPSA) is 91.2 Å². The molecule has 0 unspecified atom stereocenters. The Kier molecular flexibility index (Phi) is 5.47. The van der Waals surface area contributed by atoms with Gasteiger partial charge >= 0.3 is 0 Å². The molecule has 4 aromatic rings. The first-order chi connectivity index (χ1) is 11.8. The number of benzene rings is 1. The molecule has 1 aromatic carbocycles. The third-order valence-corrected chi connectivity index (χ3v) is 3.52. The number of anilines is 1. The van der Waals surface area contributed by atoms with Gasteiger partial charge in [0.1, 0.15) is 18.2 Å². The fourth-order valence-electron chi connectivity index (χ4n) is 2.35. The van der Waals surface area contributed by atoms with Gasteiger partial charge in [-0.1, -0.05) is 30.3 Å². The van der Waals surface area contributed by atoms with E-state index in [2.05, 4.69) is 20.3 Å². The van der Waals surface area contributed by atoms with Crippen molar-refractivity contribution in [2.75, 3.05) is 5.73 Å². The van der Waals surface area contributed by atoms with Crippen LogP contribution in [0.15, 0.2) is 60.8 Å². The molecule has 0 spiro atoms. The summed E-state index contributed by atoms with van der Waals surface area (Å²) in [4.78, 5) is 3.93. The van der Waals surface area contributed by atoms with Crippen LogP contribution in [0.4, 0.5) is 5.82 Å². The van der Waals surface area contributed by atoms with Gasteiger partial charge in [-0.2, -0.15) is 9.61 Å². The van der Waals surface area contributed by atoms with E-state index in [0.717, 1.165) is 11.3 Å². The van der Waals surface area contributed by atoms with Crippen LogP contribution in [0.25, 0.3) is 16.9 Å². The zero-order valence-corrected chi connectivity index (χ0v) is 13.8. The average molecular weight is 358 g/mol. The molecule has 126 valence electrons. The molecule has 2 N–H and O–H groups in total. The maximum absolute atomic E-state index is 5.70. The van der Waals surface area contributed by atoms with E-state index in [4.69, 9.17) is 10.5 Å². The Morgan fingerprint density at radius 3 is 2.64 bits per heavy atom. The monoisotopic (exact) mass is 358 g/mol. The Morgan fingerprint density at radius 1 is 1.00 bits per heavy atom. The predicted molar refractivity (Wildman–Crippen MR) is 89.2 cm³/mol. The van der Waals surface area contributed by atoms with Crippen LogP contribution in [0.5, 0.6) is 5.75 Å². The van der Waals surface area contributed by atoms with Gasteiger partial charge in [0.25, 0.3) is 0 Å². The molecule has 0 radical (unpaired) electrons. The van der Waals surface area contributed by atoms with Gasteiger partial charge in [-0.15, -0.1) is 10.2 Å². The molecule has 0 amide bonds. The van der Waals surface area contributed by atoms with E-state index in [0.29, 0.717) is 23.0 Å². The molecule has 7 nitrogen and oxygen atoms in total. The number of fused-ring (bicyclic) bond motifs is 1. The van der Waals surface area contributed by atoms with Crippen LogP contribution in [0, 0.1) is 37.7 Å². The van der Waals surface area contributed by atoms with Crippen molar-refractivity contribution in [2.45, 2.75) is 6.61 Å². The SMILES string of the molecule is Nc1cc(OCc2nnc3ccc(-c4ccccc4)nn23)ccn1.[Ar]. The van der Waals surface area contributed by atoms with Gasteiger partial charge in [-0.25, -0.2) is 4.98 Å². The first-order valence-electron chi connectivity index (χ1n) is 7.41. The summed E-state index contributed by atoms with van der Waals surface area (Å²) in [7, 11) is 0. The van der Waals surface area contributed by atoms with Crippen LogP contribution in [-0.2, 0) is 6.61 Å². The van der Waals surface area contributed by atoms with Gasteiger partial charge < -0.3 is 10.5 Å². The number of nitrogens with zero attached hydrogens (tertiary/aromatic N) is 5. The van der Waals surface area contributed by atoms with Crippen LogP contribution in [0.3, 0.4) is 0 Å². The van der Waals surface area contributed by atoms with E-state index in [1.807, 2.05) is 42.5 Å². The maximum atomic E-state index is 5.70. The van der Waals surface area contributed by atoms with Crippen molar-refractivity contribution < 1.29 is 42.5 Å². The molecule has 0 aliphatic heterocycles. The summed E-state index contributed by atoms with van der Waals surface area (Å²) in [5.41, 5.74) is 8.19. The molecule has 4 rings (SSSR count). The minimum Gasteiger partial charge on any atom is -0.485 e. The zero-order valence-electron chi connectivity index (χ0n) is 13.1. The summed E-state index contributed by atoms with van der Waals surface area (Å²) in [5.74, 6) is 1.64. The van der Waals surface area contributed by atoms with Crippen molar-refractivity contribution in [2.24, 2.45) is 0 Å². The van der Waals surface area contributed by atoms with Crippen molar-refractivity contribution in [3.63, 3.8) is 0 Å². The Labute approximate surface area is 173 Å². The number of hydrogen-bond acceptors (Lipinski definition) is 6. The molecule has 0 saturated heterocycles. The van der Waals surface area contributed by atoms with Gasteiger partial charge in [-0.3, -0.25) is 0 Å². The number of aromatic nitrogens is 5. The van der Waals surface area contributed by atoms with Crippen molar-refractivity contribution in [1.29, 1.82) is 0 Å². The maximum Gasteiger partial charge on any atom is 0.192 e. The summed E-state index contributed by atoms with van der Waals surface area (Å²) < 4.78 is 7.39. The third-order valence-electron chi connectivity index (χ3n) is 3.52. The summed E-state index contributed by atoms with van der Waals surface area (Å²) in [6.07, 6.45) is 1.60. The van der Waals surface area contributed by atoms with Gasteiger partial charge in [0.05, 0.1) is 5.69 Å². The largest absolute Gasteiger partial charge is 0.485 e. The molecule has 0 saturated carbocycles. The van der Waals surface area contributed by atoms with Crippen molar-refractivity contribution >= 4 is 11.5 Å². The van der Waals surface area contributed by atoms with Gasteiger partial charge in [0.15, 0.2) is 11.5 Å². The smallest absolute Gasteiger partial charge is 0.192 e. The van der Waals surface area contributed by atoms with Gasteiger partial charge in [-0.05, 0) is 18.2 Å². The van der Waals surface area contributed by atoms with E-state index in [9.17, 15) is 0 Å². The van der Waals surface area contributed by atoms with Crippen LogP contribution in [0.2, 0.25) is 0 Å². The quantitative estimate of drug-likeness (QED) is 0.602. The molecule has 0 fully saturated rings. The van der Waals surface area contributed by atoms with Crippen LogP contribution >= 0.6 is 0 Å². The molecular weight excluding hydrogens is 344 g/mol. The number of nitrogens with two attached hydrogens (primary N) is 1. The van der Waals surface area contributed by atoms with Crippen LogP contribution in [0.1, 0.15) is 5.82 Å². The molecular formula is C17H14ArN6O. The number of rotatable bonds is 4. The molecule has 3 aromatic heterocycles. The second kappa shape index (κ2) is 7.77. The molecule has 0 aliphatic rings. The summed E-state index contributed by atoms with van der Waals surface area (Å²) in [6, 6.07) is 17.2. The fraction of sp³-hybridized carbons (Fsp3) is 0.0588. The molecule has 0 atom stereocenters. The summed E-state index contributed by atoms with van der Waals surface area (Å²) >= 11 is 0. The number of hydrogen-bond donors (Lipinski definition) is 1. The molecule has 25 heavy (non-hydrogen) atoms. The van der Waals surface area contributed by atoms with Crippen molar-refractivity contribution in [3.8, 4) is 17.0 Å². The third kappa shape index (κ3) is 3.89. The standard InChI is InChI=1S/C17H14N6O.Ar/c18-15-10-13(8-9-19-15)24-11-17-21-20-16-7-6-14(22-23(16)17)12-4-2-1-3-5-12;/h1-10H,11H2,(H2,18,19);. The second-order valence-electron chi connectivity index (χ2n) is 5.18. The fourth-order valence-corrected chi connectivity index (χ4v) is 2.35. The van der Waals surface area contributed by atoms with E-state index in [-0.39, 0.29) is 44.3 Å². The van der Waals surface area contributed by atoms with E-state index in [1.54, 1.807) is 22.8 Å². The summed E-state index contributed by atoms with van der Waals surface area (Å²) in [5, 5.41) is 12.9. The Morgan fingerprint density at radius 2 is 1.84 bits per heavy atom. The van der Waals surface area contributed by atoms with Crippen LogP contribution < -0.4 is 10.5 Å². The zero-order chi connectivity index (χ0) is 16.4.